The standard InChI is InChI=1S/C11H18N4/c12-15-10(11-13-7-8-14-11)9-5-3-1-2-4-6-9/h5,7-8,10,15H,1-4,6,12H2,(H,13,14). The number of hydrazine groups is 1. The number of imidazole rings is 1. The highest BCUT2D eigenvalue weighted by Gasteiger charge is 2.17. The molecule has 0 amide bonds. The number of nitrogens with zero attached hydrogens (tertiary/aromatic N) is 1. The third-order valence-electron chi connectivity index (χ3n) is 2.91. The van der Waals surface area contributed by atoms with E-state index in [1.54, 1.807) is 6.20 Å². The van der Waals surface area contributed by atoms with E-state index < -0.39 is 0 Å². The van der Waals surface area contributed by atoms with Crippen molar-refractivity contribution in [3.05, 3.63) is 29.9 Å². The summed E-state index contributed by atoms with van der Waals surface area (Å²) in [6, 6.07) is 0.0538. The Balaban J connectivity index is 2.15. The lowest BCUT2D eigenvalue weighted by Gasteiger charge is -2.16. The Morgan fingerprint density at radius 2 is 2.33 bits per heavy atom. The van der Waals surface area contributed by atoms with Gasteiger partial charge in [-0.3, -0.25) is 5.84 Å². The highest BCUT2D eigenvalue weighted by atomic mass is 15.2. The predicted octanol–water partition coefficient (Wildman–Crippen LogP) is 1.80. The second-order valence-corrected chi connectivity index (χ2v) is 3.95. The van der Waals surface area contributed by atoms with Crippen LogP contribution in [0.15, 0.2) is 24.0 Å². The molecule has 0 fully saturated rings. The lowest BCUT2D eigenvalue weighted by Crippen LogP contribution is -2.30. The molecule has 4 heteroatoms. The lowest BCUT2D eigenvalue weighted by atomic mass is 10.0. The molecule has 1 unspecified atom stereocenters. The van der Waals surface area contributed by atoms with Crippen LogP contribution in [-0.4, -0.2) is 9.97 Å². The predicted molar refractivity (Wildman–Crippen MR) is 59.8 cm³/mol. The van der Waals surface area contributed by atoms with Gasteiger partial charge in [-0.05, 0) is 31.3 Å². The van der Waals surface area contributed by atoms with Crippen LogP contribution in [0.1, 0.15) is 44.0 Å². The Kier molecular flexibility index (Phi) is 3.53. The number of rotatable bonds is 3. The van der Waals surface area contributed by atoms with Crippen LogP contribution in [0.4, 0.5) is 0 Å². The minimum absolute atomic E-state index is 0.0538. The monoisotopic (exact) mass is 206 g/mol. The van der Waals surface area contributed by atoms with Gasteiger partial charge in [-0.2, -0.15) is 0 Å². The average Bonchev–Trinajstić information content (AvgIpc) is 2.63. The summed E-state index contributed by atoms with van der Waals surface area (Å²) < 4.78 is 0. The van der Waals surface area contributed by atoms with Gasteiger partial charge in [0.2, 0.25) is 0 Å². The van der Waals surface area contributed by atoms with Crippen LogP contribution in [0.5, 0.6) is 0 Å². The van der Waals surface area contributed by atoms with Crippen LogP contribution in [0.2, 0.25) is 0 Å². The normalized spacial score (nSPS) is 19.4. The Bertz CT molecular complexity index is 315. The van der Waals surface area contributed by atoms with Crippen molar-refractivity contribution in [1.82, 2.24) is 15.4 Å². The molecule has 0 aliphatic heterocycles. The molecule has 0 radical (unpaired) electrons. The number of nitrogens with one attached hydrogen (secondary N) is 2. The maximum Gasteiger partial charge on any atom is 0.128 e. The van der Waals surface area contributed by atoms with E-state index >= 15 is 0 Å². The zero-order chi connectivity index (χ0) is 10.5. The summed E-state index contributed by atoms with van der Waals surface area (Å²) in [6.07, 6.45) is 12.0. The number of aromatic amines is 1. The maximum absolute atomic E-state index is 5.60. The molecule has 1 aromatic rings. The second-order valence-electron chi connectivity index (χ2n) is 3.95. The first kappa shape index (κ1) is 10.4. The van der Waals surface area contributed by atoms with Gasteiger partial charge in [0.25, 0.3) is 0 Å². The van der Waals surface area contributed by atoms with Crippen molar-refractivity contribution in [2.75, 3.05) is 0 Å². The molecule has 0 bridgehead atoms. The highest BCUT2D eigenvalue weighted by Crippen LogP contribution is 2.26. The number of aromatic nitrogens is 2. The summed E-state index contributed by atoms with van der Waals surface area (Å²) in [4.78, 5) is 7.37. The fraction of sp³-hybridized carbons (Fsp3) is 0.545. The molecule has 0 spiro atoms. The number of H-pyrrole nitrogens is 1. The molecule has 0 aromatic carbocycles. The molecule has 0 saturated heterocycles. The third kappa shape index (κ3) is 2.46. The Morgan fingerprint density at radius 1 is 1.40 bits per heavy atom. The van der Waals surface area contributed by atoms with Crippen molar-refractivity contribution in [3.63, 3.8) is 0 Å². The average molecular weight is 206 g/mol. The van der Waals surface area contributed by atoms with Crippen LogP contribution in [0.3, 0.4) is 0 Å². The molecule has 1 aromatic heterocycles. The van der Waals surface area contributed by atoms with Crippen molar-refractivity contribution in [2.24, 2.45) is 5.84 Å². The number of nitrogens with two attached hydrogens (primary N) is 1. The van der Waals surface area contributed by atoms with Crippen molar-refractivity contribution < 1.29 is 0 Å². The van der Waals surface area contributed by atoms with Crippen LogP contribution < -0.4 is 11.3 Å². The Labute approximate surface area is 89.9 Å². The molecule has 1 atom stereocenters. The van der Waals surface area contributed by atoms with E-state index in [0.717, 1.165) is 18.7 Å². The molecular formula is C11H18N4. The Hall–Kier alpha value is -1.13. The first-order valence-corrected chi connectivity index (χ1v) is 5.56. The van der Waals surface area contributed by atoms with E-state index in [1.165, 1.54) is 24.8 Å². The van der Waals surface area contributed by atoms with E-state index in [1.807, 2.05) is 6.20 Å². The lowest BCUT2D eigenvalue weighted by molar-refractivity contribution is 0.570. The van der Waals surface area contributed by atoms with Gasteiger partial charge in [0.15, 0.2) is 0 Å². The van der Waals surface area contributed by atoms with Crippen molar-refractivity contribution in [3.8, 4) is 0 Å². The van der Waals surface area contributed by atoms with Gasteiger partial charge in [-0.1, -0.05) is 12.5 Å². The molecule has 15 heavy (non-hydrogen) atoms. The molecule has 0 saturated carbocycles. The molecule has 1 aliphatic carbocycles. The van der Waals surface area contributed by atoms with E-state index in [9.17, 15) is 0 Å². The van der Waals surface area contributed by atoms with Crippen molar-refractivity contribution in [1.29, 1.82) is 0 Å². The summed E-state index contributed by atoms with van der Waals surface area (Å²) in [5.74, 6) is 6.50. The molecular weight excluding hydrogens is 188 g/mol. The van der Waals surface area contributed by atoms with Gasteiger partial charge in [-0.15, -0.1) is 0 Å². The van der Waals surface area contributed by atoms with Crippen LogP contribution in [0, 0.1) is 0 Å². The minimum Gasteiger partial charge on any atom is -0.347 e. The van der Waals surface area contributed by atoms with Crippen LogP contribution in [0.25, 0.3) is 0 Å². The van der Waals surface area contributed by atoms with Crippen molar-refractivity contribution >= 4 is 0 Å². The largest absolute Gasteiger partial charge is 0.347 e. The van der Waals surface area contributed by atoms with Crippen LogP contribution in [-0.2, 0) is 0 Å². The summed E-state index contributed by atoms with van der Waals surface area (Å²) in [6.45, 7) is 0. The van der Waals surface area contributed by atoms with E-state index in [0.29, 0.717) is 0 Å². The highest BCUT2D eigenvalue weighted by molar-refractivity contribution is 5.18. The van der Waals surface area contributed by atoms with Crippen molar-refractivity contribution in [2.45, 2.75) is 38.1 Å². The summed E-state index contributed by atoms with van der Waals surface area (Å²) in [5, 5.41) is 0. The SMILES string of the molecule is NNC(C1=CCCCCC1)c1ncc[nH]1. The molecule has 1 aliphatic rings. The number of hydrogen-bond acceptors (Lipinski definition) is 3. The van der Waals surface area contributed by atoms with Gasteiger partial charge < -0.3 is 4.98 Å². The molecule has 1 heterocycles. The molecule has 2 rings (SSSR count). The summed E-state index contributed by atoms with van der Waals surface area (Å²) >= 11 is 0. The van der Waals surface area contributed by atoms with E-state index in [4.69, 9.17) is 5.84 Å². The first-order chi connectivity index (χ1) is 7.42. The van der Waals surface area contributed by atoms with Gasteiger partial charge in [0.05, 0.1) is 6.04 Å². The first-order valence-electron chi connectivity index (χ1n) is 5.56. The smallest absolute Gasteiger partial charge is 0.128 e. The molecule has 82 valence electrons. The molecule has 4 nitrogen and oxygen atoms in total. The maximum atomic E-state index is 5.60. The fourth-order valence-corrected chi connectivity index (χ4v) is 2.10. The summed E-state index contributed by atoms with van der Waals surface area (Å²) in [5.41, 5.74) is 4.21. The zero-order valence-electron chi connectivity index (χ0n) is 8.87. The minimum atomic E-state index is 0.0538. The van der Waals surface area contributed by atoms with E-state index in [2.05, 4.69) is 21.5 Å². The topological polar surface area (TPSA) is 66.7 Å². The number of allylic oxidation sites excluding steroid dienone is 1. The van der Waals surface area contributed by atoms with E-state index in [-0.39, 0.29) is 6.04 Å². The summed E-state index contributed by atoms with van der Waals surface area (Å²) in [7, 11) is 0. The second kappa shape index (κ2) is 5.09. The zero-order valence-corrected chi connectivity index (χ0v) is 8.87. The van der Waals surface area contributed by atoms with Gasteiger partial charge in [0.1, 0.15) is 5.82 Å². The number of hydrogen-bond donors (Lipinski definition) is 3. The van der Waals surface area contributed by atoms with Gasteiger partial charge >= 0.3 is 0 Å². The third-order valence-corrected chi connectivity index (χ3v) is 2.91. The Morgan fingerprint density at radius 3 is 3.07 bits per heavy atom. The van der Waals surface area contributed by atoms with Gasteiger partial charge in [-0.25, -0.2) is 10.4 Å². The quantitative estimate of drug-likeness (QED) is 0.401. The molecule has 4 N–H and O–H groups in total. The fourth-order valence-electron chi connectivity index (χ4n) is 2.10. The van der Waals surface area contributed by atoms with Gasteiger partial charge in [0, 0.05) is 12.4 Å². The van der Waals surface area contributed by atoms with Crippen LogP contribution >= 0.6 is 0 Å².